The summed E-state index contributed by atoms with van der Waals surface area (Å²) in [6.07, 6.45) is 2.19. The van der Waals surface area contributed by atoms with Crippen molar-refractivity contribution in [2.24, 2.45) is 0 Å². The summed E-state index contributed by atoms with van der Waals surface area (Å²) in [4.78, 5) is 0. The normalized spacial score (nSPS) is 22.4. The Hall–Kier alpha value is -0.870. The molecule has 2 atom stereocenters. The zero-order valence-corrected chi connectivity index (χ0v) is 13.0. The minimum absolute atomic E-state index is 0.199. The molecule has 0 N–H and O–H groups in total. The van der Waals surface area contributed by atoms with Crippen molar-refractivity contribution >= 4 is 11.0 Å². The van der Waals surface area contributed by atoms with Crippen LogP contribution in [-0.2, 0) is 11.0 Å². The molecule has 0 aliphatic carbocycles. The lowest BCUT2D eigenvalue weighted by atomic mass is 10.1. The van der Waals surface area contributed by atoms with E-state index in [2.05, 4.69) is 16.4 Å². The second kappa shape index (κ2) is 5.63. The third-order valence-corrected chi connectivity index (χ3v) is 5.35. The van der Waals surface area contributed by atoms with Gasteiger partial charge in [0.2, 0.25) is 0 Å². The molecule has 0 radical (unpaired) electrons. The molecule has 0 bridgehead atoms. The first-order chi connectivity index (χ1) is 8.93. The van der Waals surface area contributed by atoms with Crippen molar-refractivity contribution in [2.75, 3.05) is 13.7 Å². The van der Waals surface area contributed by atoms with Gasteiger partial charge in [-0.1, -0.05) is 12.1 Å². The van der Waals surface area contributed by atoms with Crippen molar-refractivity contribution in [1.82, 2.24) is 4.31 Å². The van der Waals surface area contributed by atoms with Crippen molar-refractivity contribution in [2.45, 2.75) is 44.4 Å². The molecule has 0 spiro atoms. The Labute approximate surface area is 118 Å². The average molecular weight is 281 g/mol. The van der Waals surface area contributed by atoms with Gasteiger partial charge in [0, 0.05) is 12.6 Å². The standard InChI is InChI=1S/C15H23NO2S/c1-15(2,3)19(17)16-11-5-6-14(16)12-7-9-13(18-4)10-8-12/h7-10,14H,5-6,11H2,1-4H3/t14-,19+/m1/s1. The maximum Gasteiger partial charge on any atom is 0.118 e. The average Bonchev–Trinajstić information content (AvgIpc) is 2.85. The highest BCUT2D eigenvalue weighted by atomic mass is 32.2. The molecule has 0 saturated carbocycles. The highest BCUT2D eigenvalue weighted by Crippen LogP contribution is 2.36. The van der Waals surface area contributed by atoms with E-state index in [1.54, 1.807) is 7.11 Å². The number of nitrogens with zero attached hydrogens (tertiary/aromatic N) is 1. The monoisotopic (exact) mass is 281 g/mol. The van der Waals surface area contributed by atoms with E-state index in [4.69, 9.17) is 4.74 Å². The van der Waals surface area contributed by atoms with Crippen molar-refractivity contribution in [1.29, 1.82) is 0 Å². The summed E-state index contributed by atoms with van der Waals surface area (Å²) >= 11 is 0. The van der Waals surface area contributed by atoms with Crippen molar-refractivity contribution in [3.63, 3.8) is 0 Å². The zero-order valence-electron chi connectivity index (χ0n) is 12.2. The fourth-order valence-corrected chi connectivity index (χ4v) is 3.91. The molecule has 0 aromatic heterocycles. The molecule has 1 aromatic carbocycles. The van der Waals surface area contributed by atoms with Gasteiger partial charge in [-0.05, 0) is 51.3 Å². The smallest absolute Gasteiger partial charge is 0.118 e. The minimum atomic E-state index is -0.948. The van der Waals surface area contributed by atoms with Crippen LogP contribution in [0, 0.1) is 0 Å². The Balaban J connectivity index is 2.20. The van der Waals surface area contributed by atoms with Crippen molar-refractivity contribution < 1.29 is 8.95 Å². The summed E-state index contributed by atoms with van der Waals surface area (Å²) in [5, 5.41) is 0. The molecule has 1 aromatic rings. The molecule has 0 amide bonds. The summed E-state index contributed by atoms with van der Waals surface area (Å²) < 4.78 is 19.7. The van der Waals surface area contributed by atoms with Crippen molar-refractivity contribution in [3.05, 3.63) is 29.8 Å². The minimum Gasteiger partial charge on any atom is -0.497 e. The number of rotatable bonds is 3. The van der Waals surface area contributed by atoms with Crippen LogP contribution in [0.1, 0.15) is 45.2 Å². The number of hydrogen-bond donors (Lipinski definition) is 0. The summed E-state index contributed by atoms with van der Waals surface area (Å²) in [6, 6.07) is 8.40. The molecule has 1 aliphatic rings. The molecule has 2 rings (SSSR count). The first-order valence-corrected chi connectivity index (χ1v) is 7.87. The first-order valence-electron chi connectivity index (χ1n) is 6.76. The van der Waals surface area contributed by atoms with E-state index in [-0.39, 0.29) is 10.8 Å². The summed E-state index contributed by atoms with van der Waals surface area (Å²) in [6.45, 7) is 7.02. The van der Waals surface area contributed by atoms with E-state index in [0.29, 0.717) is 0 Å². The van der Waals surface area contributed by atoms with E-state index in [1.165, 1.54) is 5.56 Å². The number of hydrogen-bond acceptors (Lipinski definition) is 2. The van der Waals surface area contributed by atoms with Crippen LogP contribution < -0.4 is 4.74 Å². The van der Waals surface area contributed by atoms with Crippen LogP contribution in [-0.4, -0.2) is 26.9 Å². The Morgan fingerprint density at radius 3 is 2.42 bits per heavy atom. The Morgan fingerprint density at radius 1 is 1.26 bits per heavy atom. The Morgan fingerprint density at radius 2 is 1.89 bits per heavy atom. The summed E-state index contributed by atoms with van der Waals surface area (Å²) in [5.41, 5.74) is 1.23. The third kappa shape index (κ3) is 3.18. The van der Waals surface area contributed by atoms with Crippen LogP contribution in [0.4, 0.5) is 0 Å². The first kappa shape index (κ1) is 14.5. The largest absolute Gasteiger partial charge is 0.497 e. The van der Waals surface area contributed by atoms with Crippen LogP contribution in [0.25, 0.3) is 0 Å². The molecule has 0 unspecified atom stereocenters. The molecule has 4 heteroatoms. The molecule has 1 aliphatic heterocycles. The summed E-state index contributed by atoms with van der Waals surface area (Å²) in [7, 11) is 0.724. The SMILES string of the molecule is COc1ccc([C@H]2CCCN2[S@@](=O)C(C)(C)C)cc1. The molecule has 1 fully saturated rings. The van der Waals surface area contributed by atoms with E-state index < -0.39 is 11.0 Å². The van der Waals surface area contributed by atoms with Gasteiger partial charge in [0.1, 0.15) is 16.7 Å². The van der Waals surface area contributed by atoms with E-state index in [9.17, 15) is 4.21 Å². The topological polar surface area (TPSA) is 29.5 Å². The van der Waals surface area contributed by atoms with Crippen LogP contribution in [0.2, 0.25) is 0 Å². The quantitative estimate of drug-likeness (QED) is 0.851. The van der Waals surface area contributed by atoms with Crippen LogP contribution >= 0.6 is 0 Å². The van der Waals surface area contributed by atoms with Gasteiger partial charge < -0.3 is 4.74 Å². The molecule has 19 heavy (non-hydrogen) atoms. The summed E-state index contributed by atoms with van der Waals surface area (Å²) in [5.74, 6) is 0.866. The fraction of sp³-hybridized carbons (Fsp3) is 0.600. The number of ether oxygens (including phenoxy) is 1. The molecule has 3 nitrogen and oxygen atoms in total. The molecule has 106 valence electrons. The van der Waals surface area contributed by atoms with Gasteiger partial charge in [-0.2, -0.15) is 0 Å². The fourth-order valence-electron chi connectivity index (χ4n) is 2.45. The van der Waals surface area contributed by atoms with E-state index in [0.717, 1.165) is 25.1 Å². The Bertz CT molecular complexity index is 450. The van der Waals surface area contributed by atoms with Gasteiger partial charge in [-0.25, -0.2) is 8.51 Å². The van der Waals surface area contributed by atoms with Crippen LogP contribution in [0.3, 0.4) is 0 Å². The van der Waals surface area contributed by atoms with E-state index >= 15 is 0 Å². The molecular formula is C15H23NO2S. The van der Waals surface area contributed by atoms with Gasteiger partial charge in [-0.15, -0.1) is 0 Å². The molecule has 1 saturated heterocycles. The maximum absolute atomic E-state index is 12.6. The lowest BCUT2D eigenvalue weighted by Gasteiger charge is -2.30. The highest BCUT2D eigenvalue weighted by molar-refractivity contribution is 7.84. The van der Waals surface area contributed by atoms with Gasteiger partial charge in [0.05, 0.1) is 11.9 Å². The number of methoxy groups -OCH3 is 1. The van der Waals surface area contributed by atoms with Gasteiger partial charge in [0.15, 0.2) is 0 Å². The predicted molar refractivity (Wildman–Crippen MR) is 79.6 cm³/mol. The third-order valence-electron chi connectivity index (χ3n) is 3.44. The molecular weight excluding hydrogens is 258 g/mol. The van der Waals surface area contributed by atoms with E-state index in [1.807, 2.05) is 32.9 Å². The highest BCUT2D eigenvalue weighted by Gasteiger charge is 2.35. The maximum atomic E-state index is 12.6. The number of benzene rings is 1. The lowest BCUT2D eigenvalue weighted by Crippen LogP contribution is -2.37. The zero-order chi connectivity index (χ0) is 14.0. The van der Waals surface area contributed by atoms with Crippen LogP contribution in [0.15, 0.2) is 24.3 Å². The van der Waals surface area contributed by atoms with Gasteiger partial charge in [0.25, 0.3) is 0 Å². The lowest BCUT2D eigenvalue weighted by molar-refractivity contribution is 0.408. The second-order valence-corrected chi connectivity index (χ2v) is 8.13. The van der Waals surface area contributed by atoms with Gasteiger partial charge >= 0.3 is 0 Å². The molecule has 1 heterocycles. The predicted octanol–water partition coefficient (Wildman–Crippen LogP) is 3.29. The van der Waals surface area contributed by atoms with Gasteiger partial charge in [-0.3, -0.25) is 0 Å². The Kier molecular flexibility index (Phi) is 4.31. The van der Waals surface area contributed by atoms with Crippen LogP contribution in [0.5, 0.6) is 5.75 Å². The second-order valence-electron chi connectivity index (χ2n) is 5.93. The van der Waals surface area contributed by atoms with Crippen molar-refractivity contribution in [3.8, 4) is 5.75 Å².